The second-order valence-electron chi connectivity index (χ2n) is 5.84. The lowest BCUT2D eigenvalue weighted by molar-refractivity contribution is -0.117. The molecule has 1 aromatic heterocycles. The molecule has 0 spiro atoms. The molecule has 1 unspecified atom stereocenters. The maximum absolute atomic E-state index is 14.1. The van der Waals surface area contributed by atoms with E-state index >= 15 is 0 Å². The molecule has 1 atom stereocenters. The van der Waals surface area contributed by atoms with Crippen LogP contribution in [-0.4, -0.2) is 10.9 Å². The van der Waals surface area contributed by atoms with Crippen molar-refractivity contribution in [3.8, 4) is 11.1 Å². The fourth-order valence-electron chi connectivity index (χ4n) is 2.37. The summed E-state index contributed by atoms with van der Waals surface area (Å²) in [6, 6.07) is 6.53. The summed E-state index contributed by atoms with van der Waals surface area (Å²) in [6.07, 6.45) is 2.90. The van der Waals surface area contributed by atoms with E-state index in [4.69, 9.17) is 17.3 Å². The molecule has 3 N–H and O–H groups in total. The van der Waals surface area contributed by atoms with Gasteiger partial charge in [-0.25, -0.2) is 9.37 Å². The van der Waals surface area contributed by atoms with Gasteiger partial charge in [-0.2, -0.15) is 0 Å². The summed E-state index contributed by atoms with van der Waals surface area (Å²) >= 11 is 6.21. The minimum Gasteiger partial charge on any atom is -0.324 e. The van der Waals surface area contributed by atoms with E-state index in [1.165, 1.54) is 6.07 Å². The number of aromatic nitrogens is 1. The first kappa shape index (κ1) is 15.9. The Morgan fingerprint density at radius 3 is 2.78 bits per heavy atom. The molecule has 3 rings (SSSR count). The van der Waals surface area contributed by atoms with Crippen LogP contribution < -0.4 is 11.1 Å². The molecule has 23 heavy (non-hydrogen) atoms. The second kappa shape index (κ2) is 6.26. The van der Waals surface area contributed by atoms with Crippen LogP contribution in [0, 0.1) is 11.7 Å². The number of nitrogens with one attached hydrogen (secondary N) is 1. The average molecular weight is 334 g/mol. The molecule has 1 aliphatic rings. The van der Waals surface area contributed by atoms with Gasteiger partial charge in [-0.1, -0.05) is 23.7 Å². The molecule has 1 heterocycles. The summed E-state index contributed by atoms with van der Waals surface area (Å²) in [5, 5.41) is 3.20. The molecular weight excluding hydrogens is 317 g/mol. The van der Waals surface area contributed by atoms with Gasteiger partial charge in [-0.3, -0.25) is 4.79 Å². The first-order chi connectivity index (χ1) is 11.0. The highest BCUT2D eigenvalue weighted by Crippen LogP contribution is 2.32. The molecule has 6 heteroatoms. The van der Waals surface area contributed by atoms with E-state index in [1.807, 2.05) is 6.92 Å². The third-order valence-corrected chi connectivity index (χ3v) is 4.18. The van der Waals surface area contributed by atoms with Crippen molar-refractivity contribution in [1.82, 2.24) is 4.98 Å². The summed E-state index contributed by atoms with van der Waals surface area (Å²) in [5.41, 5.74) is 7.58. The lowest BCUT2D eigenvalue weighted by Gasteiger charge is -2.12. The number of benzene rings is 1. The van der Waals surface area contributed by atoms with E-state index in [1.54, 1.807) is 18.2 Å². The summed E-state index contributed by atoms with van der Waals surface area (Å²) < 4.78 is 14.1. The zero-order chi connectivity index (χ0) is 16.6. The number of halogens is 2. The van der Waals surface area contributed by atoms with Crippen molar-refractivity contribution in [2.24, 2.45) is 11.7 Å². The minimum atomic E-state index is -0.473. The van der Waals surface area contributed by atoms with Gasteiger partial charge in [0.1, 0.15) is 11.6 Å². The monoisotopic (exact) mass is 333 g/mol. The molecule has 0 saturated heterocycles. The van der Waals surface area contributed by atoms with Gasteiger partial charge in [0.2, 0.25) is 5.91 Å². The van der Waals surface area contributed by atoms with E-state index in [2.05, 4.69) is 10.3 Å². The van der Waals surface area contributed by atoms with Gasteiger partial charge in [0, 0.05) is 22.5 Å². The van der Waals surface area contributed by atoms with Crippen molar-refractivity contribution in [1.29, 1.82) is 0 Å². The van der Waals surface area contributed by atoms with Crippen LogP contribution in [0.2, 0.25) is 5.02 Å². The van der Waals surface area contributed by atoms with E-state index in [0.29, 0.717) is 22.0 Å². The van der Waals surface area contributed by atoms with Gasteiger partial charge in [-0.15, -0.1) is 0 Å². The first-order valence-electron chi connectivity index (χ1n) is 7.47. The molecule has 1 fully saturated rings. The molecule has 0 aliphatic heterocycles. The van der Waals surface area contributed by atoms with Crippen molar-refractivity contribution >= 4 is 23.3 Å². The van der Waals surface area contributed by atoms with Gasteiger partial charge in [0.15, 0.2) is 0 Å². The number of anilines is 1. The number of carbonyl (C=O) groups is 1. The molecule has 120 valence electrons. The van der Waals surface area contributed by atoms with Crippen LogP contribution in [-0.2, 0) is 4.79 Å². The second-order valence-corrected chi connectivity index (χ2v) is 6.25. The van der Waals surface area contributed by atoms with Crippen LogP contribution in [0.25, 0.3) is 11.1 Å². The summed E-state index contributed by atoms with van der Waals surface area (Å²) in [7, 11) is 0. The Morgan fingerprint density at radius 1 is 1.43 bits per heavy atom. The Balaban J connectivity index is 1.92. The van der Waals surface area contributed by atoms with Crippen molar-refractivity contribution in [2.75, 3.05) is 5.32 Å². The Bertz CT molecular complexity index is 759. The van der Waals surface area contributed by atoms with Crippen LogP contribution in [0.15, 0.2) is 30.5 Å². The molecule has 2 aromatic rings. The third-order valence-electron chi connectivity index (χ3n) is 3.86. The van der Waals surface area contributed by atoms with Crippen LogP contribution in [0.3, 0.4) is 0 Å². The number of carbonyl (C=O) groups excluding carboxylic acids is 1. The smallest absolute Gasteiger partial charge is 0.228 e. The van der Waals surface area contributed by atoms with Crippen LogP contribution in [0.4, 0.5) is 10.2 Å². The average Bonchev–Trinajstić information content (AvgIpc) is 3.33. The van der Waals surface area contributed by atoms with Gasteiger partial charge in [0.25, 0.3) is 0 Å². The number of nitrogens with zero attached hydrogens (tertiary/aromatic N) is 1. The zero-order valence-electron chi connectivity index (χ0n) is 12.6. The number of pyridine rings is 1. The molecule has 1 aliphatic carbocycles. The van der Waals surface area contributed by atoms with Crippen LogP contribution in [0.1, 0.15) is 31.4 Å². The Labute approximate surface area is 138 Å². The highest BCUT2D eigenvalue weighted by Gasteiger charge is 2.29. The quantitative estimate of drug-likeness (QED) is 0.891. The maximum Gasteiger partial charge on any atom is 0.228 e. The molecule has 0 bridgehead atoms. The van der Waals surface area contributed by atoms with E-state index in [9.17, 15) is 9.18 Å². The van der Waals surface area contributed by atoms with E-state index in [-0.39, 0.29) is 17.9 Å². The van der Waals surface area contributed by atoms with E-state index in [0.717, 1.165) is 24.6 Å². The minimum absolute atomic E-state index is 0.0603. The number of nitrogens with two attached hydrogens (primary N) is 1. The fraction of sp³-hybridized carbons (Fsp3) is 0.294. The lowest BCUT2D eigenvalue weighted by Crippen LogP contribution is -2.14. The molecule has 4 nitrogen and oxygen atoms in total. The molecule has 0 radical (unpaired) electrons. The number of hydrogen-bond acceptors (Lipinski definition) is 3. The summed E-state index contributed by atoms with van der Waals surface area (Å²) in [4.78, 5) is 15.7. The Morgan fingerprint density at radius 2 is 2.17 bits per heavy atom. The Hall–Kier alpha value is -1.98. The van der Waals surface area contributed by atoms with Crippen LogP contribution in [0.5, 0.6) is 0 Å². The molecular formula is C17H17ClFN3O. The third kappa shape index (κ3) is 3.51. The van der Waals surface area contributed by atoms with Gasteiger partial charge in [0.05, 0.1) is 6.20 Å². The van der Waals surface area contributed by atoms with Gasteiger partial charge < -0.3 is 11.1 Å². The molecule has 1 amide bonds. The predicted molar refractivity (Wildman–Crippen MR) is 88.6 cm³/mol. The topological polar surface area (TPSA) is 68.0 Å². The number of hydrogen-bond donors (Lipinski definition) is 2. The van der Waals surface area contributed by atoms with Crippen LogP contribution >= 0.6 is 11.6 Å². The summed E-state index contributed by atoms with van der Waals surface area (Å²) in [6.45, 7) is 1.83. The summed E-state index contributed by atoms with van der Waals surface area (Å²) in [5.74, 6) is -0.143. The van der Waals surface area contributed by atoms with Crippen molar-refractivity contribution < 1.29 is 9.18 Å². The fourth-order valence-corrected chi connectivity index (χ4v) is 2.72. The van der Waals surface area contributed by atoms with Crippen molar-refractivity contribution in [3.63, 3.8) is 0 Å². The van der Waals surface area contributed by atoms with Gasteiger partial charge in [-0.05, 0) is 43.0 Å². The lowest BCUT2D eigenvalue weighted by atomic mass is 10.0. The SMILES string of the molecule is CC(N)c1ccc(-c2cc(NC(=O)C3CC3)ncc2F)cc1Cl. The van der Waals surface area contributed by atoms with Crippen molar-refractivity contribution in [3.05, 3.63) is 46.9 Å². The largest absolute Gasteiger partial charge is 0.324 e. The first-order valence-corrected chi connectivity index (χ1v) is 7.85. The highest BCUT2D eigenvalue weighted by atomic mass is 35.5. The number of rotatable bonds is 4. The molecule has 1 saturated carbocycles. The Kier molecular flexibility index (Phi) is 4.33. The van der Waals surface area contributed by atoms with Gasteiger partial charge >= 0.3 is 0 Å². The standard InChI is InChI=1S/C17H17ClFN3O/c1-9(20)12-5-4-11(6-14(12)18)13-7-16(21-8-15(13)19)22-17(23)10-2-3-10/h4-10H,2-3,20H2,1H3,(H,21,22,23). The zero-order valence-corrected chi connectivity index (χ0v) is 13.4. The predicted octanol–water partition coefficient (Wildman–Crippen LogP) is 3.91. The number of amides is 1. The van der Waals surface area contributed by atoms with Crippen molar-refractivity contribution in [2.45, 2.75) is 25.8 Å². The molecule has 1 aromatic carbocycles. The highest BCUT2D eigenvalue weighted by molar-refractivity contribution is 6.31. The maximum atomic E-state index is 14.1. The van der Waals surface area contributed by atoms with E-state index < -0.39 is 5.82 Å². The normalized spacial score (nSPS) is 15.3.